The number of fused-ring (bicyclic) bond motifs is 1. The van der Waals surface area contributed by atoms with Crippen LogP contribution in [0.25, 0.3) is 10.2 Å². The highest BCUT2D eigenvalue weighted by Crippen LogP contribution is 2.32. The summed E-state index contributed by atoms with van der Waals surface area (Å²) in [6, 6.07) is 3.32. The van der Waals surface area contributed by atoms with E-state index in [-0.39, 0.29) is 34.8 Å². The quantitative estimate of drug-likeness (QED) is 0.526. The van der Waals surface area contributed by atoms with Crippen molar-refractivity contribution in [2.75, 3.05) is 58.5 Å². The number of nitrogens with zero attached hydrogens (tertiary/aromatic N) is 5. The molecule has 0 aliphatic carbocycles. The smallest absolute Gasteiger partial charge is 0.320 e. The number of benzene rings is 1. The maximum atomic E-state index is 14.2. The molecule has 0 bridgehead atoms. The van der Waals surface area contributed by atoms with Crippen LogP contribution in [0.4, 0.5) is 13.9 Å². The second-order valence-electron chi connectivity index (χ2n) is 6.92. The van der Waals surface area contributed by atoms with Gasteiger partial charge in [0.25, 0.3) is 5.91 Å². The van der Waals surface area contributed by atoms with E-state index in [1.165, 1.54) is 31.3 Å². The Labute approximate surface area is 186 Å². The molecule has 0 N–H and O–H groups in total. The lowest BCUT2D eigenvalue weighted by Gasteiger charge is -2.29. The third kappa shape index (κ3) is 4.76. The van der Waals surface area contributed by atoms with Crippen molar-refractivity contribution in [1.29, 1.82) is 0 Å². The fourth-order valence-electron chi connectivity index (χ4n) is 3.26. The maximum absolute atomic E-state index is 14.2. The van der Waals surface area contributed by atoms with E-state index in [1.807, 2.05) is 0 Å². The summed E-state index contributed by atoms with van der Waals surface area (Å²) in [7, 11) is 2.79. The molecule has 32 heavy (non-hydrogen) atoms. The molecule has 2 aromatic heterocycles. The molecule has 0 unspecified atom stereocenters. The minimum absolute atomic E-state index is 0.00780. The van der Waals surface area contributed by atoms with Gasteiger partial charge in [-0.3, -0.25) is 14.6 Å². The second-order valence-corrected chi connectivity index (χ2v) is 7.93. The standard InChI is InChI=1S/C20H21F2N5O4S/c1-29-16-11-14(23-19(24-16)30-2)18(28)27(4-3-26-5-7-31-8-6-26)20-25-17-13(22)9-12(21)10-15(17)32-20/h9-11H,3-8H2,1-2H3. The molecule has 1 aliphatic rings. The van der Waals surface area contributed by atoms with Crippen molar-refractivity contribution in [1.82, 2.24) is 19.9 Å². The number of rotatable bonds is 7. The number of carbonyl (C=O) groups is 1. The highest BCUT2D eigenvalue weighted by atomic mass is 32.1. The van der Waals surface area contributed by atoms with Gasteiger partial charge in [-0.05, 0) is 6.07 Å². The topological polar surface area (TPSA) is 89.9 Å². The first-order valence-corrected chi connectivity index (χ1v) is 10.6. The van der Waals surface area contributed by atoms with Crippen molar-refractivity contribution >= 4 is 32.6 Å². The van der Waals surface area contributed by atoms with Gasteiger partial charge in [-0.1, -0.05) is 11.3 Å². The van der Waals surface area contributed by atoms with Crippen molar-refractivity contribution in [2.45, 2.75) is 0 Å². The number of hydrogen-bond donors (Lipinski definition) is 0. The summed E-state index contributed by atoms with van der Waals surface area (Å²) < 4.78 is 43.8. The zero-order valence-electron chi connectivity index (χ0n) is 17.5. The van der Waals surface area contributed by atoms with Crippen LogP contribution in [-0.4, -0.2) is 79.4 Å². The first-order chi connectivity index (χ1) is 15.5. The fraction of sp³-hybridized carbons (Fsp3) is 0.400. The van der Waals surface area contributed by atoms with Gasteiger partial charge in [-0.15, -0.1) is 0 Å². The molecule has 0 atom stereocenters. The van der Waals surface area contributed by atoms with E-state index >= 15 is 0 Å². The minimum atomic E-state index is -0.784. The van der Waals surface area contributed by atoms with Crippen LogP contribution >= 0.6 is 11.3 Å². The van der Waals surface area contributed by atoms with Crippen LogP contribution in [0.1, 0.15) is 10.5 Å². The van der Waals surface area contributed by atoms with Gasteiger partial charge in [-0.2, -0.15) is 9.97 Å². The number of halogens is 2. The summed E-state index contributed by atoms with van der Waals surface area (Å²) in [4.78, 5) is 29.4. The predicted octanol–water partition coefficient (Wildman–Crippen LogP) is 2.36. The van der Waals surface area contributed by atoms with E-state index in [0.29, 0.717) is 24.5 Å². The van der Waals surface area contributed by atoms with Crippen molar-refractivity contribution in [2.24, 2.45) is 0 Å². The molecule has 1 aliphatic heterocycles. The largest absolute Gasteiger partial charge is 0.481 e. The van der Waals surface area contributed by atoms with E-state index in [2.05, 4.69) is 19.9 Å². The Bertz CT molecular complexity index is 1100. The molecule has 9 nitrogen and oxygen atoms in total. The molecular weight excluding hydrogens is 444 g/mol. The predicted molar refractivity (Wildman–Crippen MR) is 114 cm³/mol. The average molecular weight is 465 g/mol. The normalized spacial score (nSPS) is 14.5. The molecule has 0 spiro atoms. The number of amides is 1. The number of anilines is 1. The van der Waals surface area contributed by atoms with Gasteiger partial charge in [0.2, 0.25) is 5.88 Å². The lowest BCUT2D eigenvalue weighted by Crippen LogP contribution is -2.43. The van der Waals surface area contributed by atoms with Crippen LogP contribution in [0.3, 0.4) is 0 Å². The van der Waals surface area contributed by atoms with Gasteiger partial charge in [-0.25, -0.2) is 13.8 Å². The number of hydrogen-bond acceptors (Lipinski definition) is 9. The number of ether oxygens (including phenoxy) is 3. The fourth-order valence-corrected chi connectivity index (χ4v) is 4.29. The van der Waals surface area contributed by atoms with Crippen LogP contribution < -0.4 is 14.4 Å². The van der Waals surface area contributed by atoms with Gasteiger partial charge in [0, 0.05) is 38.3 Å². The molecule has 0 saturated carbocycles. The summed E-state index contributed by atoms with van der Waals surface area (Å²) in [5.41, 5.74) is 0.0370. The summed E-state index contributed by atoms with van der Waals surface area (Å²) >= 11 is 1.03. The summed E-state index contributed by atoms with van der Waals surface area (Å²) in [5.74, 6) is -1.82. The summed E-state index contributed by atoms with van der Waals surface area (Å²) in [6.07, 6.45) is 0. The number of carbonyl (C=O) groups excluding carboxylic acids is 1. The molecule has 12 heteroatoms. The van der Waals surface area contributed by atoms with Crippen LogP contribution in [0.15, 0.2) is 18.2 Å². The first-order valence-electron chi connectivity index (χ1n) is 9.83. The molecule has 4 rings (SSSR count). The number of aromatic nitrogens is 3. The van der Waals surface area contributed by atoms with Gasteiger partial charge in [0.15, 0.2) is 10.9 Å². The molecule has 1 aromatic carbocycles. The van der Waals surface area contributed by atoms with Gasteiger partial charge in [0.05, 0.1) is 32.1 Å². The lowest BCUT2D eigenvalue weighted by molar-refractivity contribution is 0.0391. The highest BCUT2D eigenvalue weighted by molar-refractivity contribution is 7.22. The van der Waals surface area contributed by atoms with E-state index in [9.17, 15) is 13.6 Å². The molecule has 1 amide bonds. The molecule has 0 radical (unpaired) electrons. The SMILES string of the molecule is COc1cc(C(=O)N(CCN2CCOCC2)c2nc3c(F)cc(F)cc3s2)nc(OC)n1. The molecule has 3 heterocycles. The molecule has 1 fully saturated rings. The maximum Gasteiger partial charge on any atom is 0.320 e. The van der Waals surface area contributed by atoms with E-state index in [4.69, 9.17) is 14.2 Å². The van der Waals surface area contributed by atoms with Crippen molar-refractivity contribution in [3.63, 3.8) is 0 Å². The Morgan fingerprint density at radius 3 is 2.66 bits per heavy atom. The molecule has 170 valence electrons. The van der Waals surface area contributed by atoms with Crippen LogP contribution in [0.5, 0.6) is 11.9 Å². The second kappa shape index (κ2) is 9.67. The van der Waals surface area contributed by atoms with Crippen molar-refractivity contribution < 1.29 is 27.8 Å². The highest BCUT2D eigenvalue weighted by Gasteiger charge is 2.26. The van der Waals surface area contributed by atoms with Crippen LogP contribution in [0, 0.1) is 11.6 Å². The average Bonchev–Trinajstić information content (AvgIpc) is 3.23. The first kappa shape index (κ1) is 22.2. The Hall–Kier alpha value is -2.96. The van der Waals surface area contributed by atoms with Crippen molar-refractivity contribution in [3.05, 3.63) is 35.5 Å². The van der Waals surface area contributed by atoms with E-state index in [0.717, 1.165) is 30.5 Å². The molecule has 3 aromatic rings. The molecular formula is C20H21F2N5O4S. The Kier molecular flexibility index (Phi) is 6.72. The van der Waals surface area contributed by atoms with Crippen molar-refractivity contribution in [3.8, 4) is 11.9 Å². The number of methoxy groups -OCH3 is 2. The zero-order valence-corrected chi connectivity index (χ0v) is 18.3. The van der Waals surface area contributed by atoms with Crippen LogP contribution in [0.2, 0.25) is 0 Å². The Morgan fingerprint density at radius 2 is 1.94 bits per heavy atom. The van der Waals surface area contributed by atoms with Gasteiger partial charge in [0.1, 0.15) is 17.0 Å². The summed E-state index contributed by atoms with van der Waals surface area (Å²) in [5, 5.41) is 0.235. The minimum Gasteiger partial charge on any atom is -0.481 e. The Balaban J connectivity index is 1.70. The molecule has 1 saturated heterocycles. The van der Waals surface area contributed by atoms with Gasteiger partial charge >= 0.3 is 6.01 Å². The number of morpholine rings is 1. The van der Waals surface area contributed by atoms with Gasteiger partial charge < -0.3 is 14.2 Å². The zero-order chi connectivity index (χ0) is 22.7. The lowest BCUT2D eigenvalue weighted by atomic mass is 10.3. The van der Waals surface area contributed by atoms with E-state index < -0.39 is 17.5 Å². The van der Waals surface area contributed by atoms with Crippen LogP contribution in [-0.2, 0) is 4.74 Å². The monoisotopic (exact) mass is 465 g/mol. The summed E-state index contributed by atoms with van der Waals surface area (Å²) in [6.45, 7) is 3.49. The third-order valence-corrected chi connectivity index (χ3v) is 5.94. The Morgan fingerprint density at radius 1 is 1.16 bits per heavy atom. The third-order valence-electron chi connectivity index (χ3n) is 4.91. The van der Waals surface area contributed by atoms with E-state index in [1.54, 1.807) is 0 Å². The number of thiazole rings is 1.